The van der Waals surface area contributed by atoms with Crippen LogP contribution in [0.2, 0.25) is 0 Å². The van der Waals surface area contributed by atoms with Crippen molar-refractivity contribution in [1.29, 1.82) is 5.26 Å². The molecule has 0 spiro atoms. The van der Waals surface area contributed by atoms with Crippen LogP contribution in [0.4, 0.5) is 11.5 Å². The number of fused-ring (bicyclic) bond motifs is 1. The molecule has 19 heavy (non-hydrogen) atoms. The smallest absolute Gasteiger partial charge is 0.254 e. The number of nitrogens with one attached hydrogen (secondary N) is 1. The molecule has 2 aromatic rings. The number of carbonyl (C=O) groups is 1. The van der Waals surface area contributed by atoms with Crippen LogP contribution in [0.5, 0.6) is 0 Å². The summed E-state index contributed by atoms with van der Waals surface area (Å²) >= 11 is 0. The summed E-state index contributed by atoms with van der Waals surface area (Å²) in [5, 5.41) is 11.7. The van der Waals surface area contributed by atoms with Crippen LogP contribution in [0, 0.1) is 11.3 Å². The lowest BCUT2D eigenvalue weighted by atomic mass is 10.1. The fraction of sp³-hybridized carbons (Fsp3) is 0.154. The topological polar surface area (TPSA) is 74.0 Å². The van der Waals surface area contributed by atoms with Crippen LogP contribution in [0.15, 0.2) is 30.7 Å². The summed E-state index contributed by atoms with van der Waals surface area (Å²) < 4.78 is 1.84. The molecule has 1 N–H and O–H groups in total. The molecule has 0 radical (unpaired) electrons. The largest absolute Gasteiger partial charge is 0.338 e. The molecule has 1 aliphatic rings. The molecule has 94 valence electrons. The number of carbonyl (C=O) groups excluding carboxylic acids is 1. The van der Waals surface area contributed by atoms with Gasteiger partial charge in [-0.1, -0.05) is 0 Å². The third kappa shape index (κ3) is 1.81. The van der Waals surface area contributed by atoms with Crippen molar-refractivity contribution in [2.24, 2.45) is 7.05 Å². The maximum absolute atomic E-state index is 11.9. The molecular weight excluding hydrogens is 242 g/mol. The van der Waals surface area contributed by atoms with Gasteiger partial charge in [-0.2, -0.15) is 5.26 Å². The molecule has 2 heterocycles. The van der Waals surface area contributed by atoms with E-state index in [0.29, 0.717) is 17.8 Å². The first-order valence-electron chi connectivity index (χ1n) is 5.77. The molecule has 0 bridgehead atoms. The molecule has 6 nitrogen and oxygen atoms in total. The van der Waals surface area contributed by atoms with Crippen LogP contribution >= 0.6 is 0 Å². The summed E-state index contributed by atoms with van der Waals surface area (Å²) in [6.45, 7) is 0.370. The highest BCUT2D eigenvalue weighted by Crippen LogP contribution is 2.30. The maximum atomic E-state index is 11.9. The predicted octanol–water partition coefficient (Wildman–Crippen LogP) is 1.13. The number of imidazole rings is 1. The summed E-state index contributed by atoms with van der Waals surface area (Å²) in [4.78, 5) is 18.0. The first-order chi connectivity index (χ1) is 9.19. The van der Waals surface area contributed by atoms with Gasteiger partial charge in [0.05, 0.1) is 35.9 Å². The fourth-order valence-electron chi connectivity index (χ4n) is 2.10. The van der Waals surface area contributed by atoms with Gasteiger partial charge < -0.3 is 14.8 Å². The lowest BCUT2D eigenvalue weighted by Crippen LogP contribution is -2.41. The number of hydrogen-bond acceptors (Lipinski definition) is 4. The summed E-state index contributed by atoms with van der Waals surface area (Å²) in [6.07, 6.45) is 3.58. The number of hydrogen-bond donors (Lipinski definition) is 1. The maximum Gasteiger partial charge on any atom is 0.254 e. The lowest BCUT2D eigenvalue weighted by molar-refractivity contribution is 0.0949. The summed E-state index contributed by atoms with van der Waals surface area (Å²) in [5.74, 6) is 0.590. The molecule has 1 aliphatic heterocycles. The number of aryl methyl sites for hydroxylation is 1. The van der Waals surface area contributed by atoms with Crippen molar-refractivity contribution in [2.45, 2.75) is 0 Å². The van der Waals surface area contributed by atoms with Gasteiger partial charge in [-0.05, 0) is 18.2 Å². The second kappa shape index (κ2) is 4.14. The molecular formula is C13H11N5O. The first kappa shape index (κ1) is 11.3. The Labute approximate surface area is 109 Å². The minimum atomic E-state index is -0.167. The van der Waals surface area contributed by atoms with Crippen LogP contribution in [0.25, 0.3) is 0 Å². The molecule has 0 saturated carbocycles. The third-order valence-corrected chi connectivity index (χ3v) is 3.03. The van der Waals surface area contributed by atoms with Gasteiger partial charge >= 0.3 is 0 Å². The Morgan fingerprint density at radius 3 is 3.00 bits per heavy atom. The van der Waals surface area contributed by atoms with Crippen molar-refractivity contribution in [2.75, 3.05) is 11.6 Å². The summed E-state index contributed by atoms with van der Waals surface area (Å²) in [7, 11) is 1.89. The third-order valence-electron chi connectivity index (χ3n) is 3.03. The zero-order valence-electron chi connectivity index (χ0n) is 10.3. The Hall–Kier alpha value is -2.81. The highest BCUT2D eigenvalue weighted by atomic mass is 16.2. The van der Waals surface area contributed by atoms with E-state index in [4.69, 9.17) is 5.26 Å². The van der Waals surface area contributed by atoms with Crippen molar-refractivity contribution < 1.29 is 4.79 Å². The number of rotatable bonds is 1. The van der Waals surface area contributed by atoms with E-state index in [-0.39, 0.29) is 5.91 Å². The number of aromatic nitrogens is 2. The molecule has 0 atom stereocenters. The fourth-order valence-corrected chi connectivity index (χ4v) is 2.10. The summed E-state index contributed by atoms with van der Waals surface area (Å²) in [6, 6.07) is 7.12. The van der Waals surface area contributed by atoms with Gasteiger partial charge in [-0.3, -0.25) is 4.79 Å². The predicted molar refractivity (Wildman–Crippen MR) is 68.8 cm³/mol. The molecule has 0 saturated heterocycles. The van der Waals surface area contributed by atoms with E-state index >= 15 is 0 Å². The molecule has 0 fully saturated rings. The van der Waals surface area contributed by atoms with Crippen molar-refractivity contribution in [3.63, 3.8) is 0 Å². The number of anilines is 2. The van der Waals surface area contributed by atoms with Crippen molar-refractivity contribution in [3.05, 3.63) is 41.9 Å². The minimum Gasteiger partial charge on any atom is -0.338 e. The Morgan fingerprint density at radius 1 is 1.47 bits per heavy atom. The Balaban J connectivity index is 2.11. The average molecular weight is 253 g/mol. The van der Waals surface area contributed by atoms with E-state index in [2.05, 4.69) is 10.3 Å². The van der Waals surface area contributed by atoms with E-state index in [1.807, 2.05) is 28.8 Å². The average Bonchev–Trinajstić information content (AvgIpc) is 2.85. The van der Waals surface area contributed by atoms with Crippen LogP contribution in [0.3, 0.4) is 0 Å². The Bertz CT molecular complexity index is 697. The van der Waals surface area contributed by atoms with E-state index in [9.17, 15) is 4.79 Å². The van der Waals surface area contributed by atoms with Gasteiger partial charge in [0, 0.05) is 13.2 Å². The zero-order chi connectivity index (χ0) is 13.4. The molecule has 6 heteroatoms. The molecule has 3 rings (SSSR count). The van der Waals surface area contributed by atoms with E-state index in [0.717, 1.165) is 11.5 Å². The first-order valence-corrected chi connectivity index (χ1v) is 5.77. The van der Waals surface area contributed by atoms with E-state index < -0.39 is 0 Å². The molecule has 1 aromatic heterocycles. The number of nitriles is 1. The van der Waals surface area contributed by atoms with Crippen LogP contribution in [-0.4, -0.2) is 22.1 Å². The molecule has 0 unspecified atom stereocenters. The number of benzene rings is 1. The number of amides is 1. The van der Waals surface area contributed by atoms with Gasteiger partial charge in [0.2, 0.25) is 0 Å². The van der Waals surface area contributed by atoms with Gasteiger partial charge in [0.1, 0.15) is 0 Å². The molecule has 0 aliphatic carbocycles. The van der Waals surface area contributed by atoms with Gasteiger partial charge in [0.15, 0.2) is 5.82 Å². The Kier molecular flexibility index (Phi) is 2.46. The normalized spacial score (nSPS) is 13.7. The van der Waals surface area contributed by atoms with Crippen LogP contribution < -0.4 is 10.2 Å². The Morgan fingerprint density at radius 2 is 2.32 bits per heavy atom. The zero-order valence-corrected chi connectivity index (χ0v) is 10.3. The molecule has 1 amide bonds. The van der Waals surface area contributed by atoms with E-state index in [1.165, 1.54) is 0 Å². The van der Waals surface area contributed by atoms with Crippen molar-refractivity contribution in [1.82, 2.24) is 14.9 Å². The van der Waals surface area contributed by atoms with Crippen molar-refractivity contribution >= 4 is 17.4 Å². The van der Waals surface area contributed by atoms with Crippen LogP contribution in [0.1, 0.15) is 15.9 Å². The summed E-state index contributed by atoms with van der Waals surface area (Å²) in [5.41, 5.74) is 1.73. The highest BCUT2D eigenvalue weighted by molar-refractivity contribution is 6.02. The highest BCUT2D eigenvalue weighted by Gasteiger charge is 2.25. The SMILES string of the molecule is Cn1cnc(N2CNC(=O)c3cc(C#N)ccc32)c1. The van der Waals surface area contributed by atoms with Gasteiger partial charge in [-0.15, -0.1) is 0 Å². The van der Waals surface area contributed by atoms with Crippen molar-refractivity contribution in [3.8, 4) is 6.07 Å². The quantitative estimate of drug-likeness (QED) is 0.826. The lowest BCUT2D eigenvalue weighted by Gasteiger charge is -2.29. The van der Waals surface area contributed by atoms with E-state index in [1.54, 1.807) is 24.5 Å². The van der Waals surface area contributed by atoms with Crippen LogP contribution in [-0.2, 0) is 7.05 Å². The minimum absolute atomic E-state index is 0.167. The van der Waals surface area contributed by atoms with Gasteiger partial charge in [0.25, 0.3) is 5.91 Å². The molecule has 1 aromatic carbocycles. The second-order valence-electron chi connectivity index (χ2n) is 4.33. The monoisotopic (exact) mass is 253 g/mol. The van der Waals surface area contributed by atoms with Gasteiger partial charge in [-0.25, -0.2) is 4.98 Å². The standard InChI is InChI=1S/C13H11N5O/c1-17-6-12(15-7-17)18-8-16-13(19)10-4-9(5-14)2-3-11(10)18/h2-4,6-7H,8H2,1H3,(H,16,19). The number of nitrogens with zero attached hydrogens (tertiary/aromatic N) is 4. The second-order valence-corrected chi connectivity index (χ2v) is 4.33.